The van der Waals surface area contributed by atoms with Gasteiger partial charge in [0, 0.05) is 21.8 Å². The number of carbonyl (C=O) groups is 1. The van der Waals surface area contributed by atoms with Crippen molar-refractivity contribution in [2.75, 3.05) is 6.54 Å². The smallest absolute Gasteiger partial charge is 0.246 e. The summed E-state index contributed by atoms with van der Waals surface area (Å²) in [6.45, 7) is 10.7. The summed E-state index contributed by atoms with van der Waals surface area (Å²) in [5.41, 5.74) is 0.579. The summed E-state index contributed by atoms with van der Waals surface area (Å²) in [5.74, 6) is -0.0324. The Hall–Kier alpha value is -1.22. The minimum absolute atomic E-state index is 0.0324. The second-order valence-electron chi connectivity index (χ2n) is 6.02. The van der Waals surface area contributed by atoms with E-state index in [-0.39, 0.29) is 10.7 Å². The predicted octanol–water partition coefficient (Wildman–Crippen LogP) is 4.81. The maximum atomic E-state index is 11.3. The average Bonchev–Trinajstić information content (AvgIpc) is 2.42. The number of rotatable bonds is 9. The Morgan fingerprint density at radius 3 is 2.48 bits per heavy atom. The molecule has 0 saturated carbocycles. The van der Waals surface area contributed by atoms with E-state index in [1.165, 1.54) is 17.7 Å². The Morgan fingerprint density at radius 1 is 1.19 bits per heavy atom. The Morgan fingerprint density at radius 2 is 1.86 bits per heavy atom. The van der Waals surface area contributed by atoms with Crippen LogP contribution >= 0.6 is 11.8 Å². The molecule has 21 heavy (non-hydrogen) atoms. The highest BCUT2D eigenvalue weighted by Crippen LogP contribution is 2.36. The van der Waals surface area contributed by atoms with Crippen LogP contribution in [0, 0.1) is 0 Å². The normalized spacial score (nSPS) is 11.2. The van der Waals surface area contributed by atoms with Gasteiger partial charge in [-0.05, 0) is 31.9 Å². The quantitative estimate of drug-likeness (QED) is 0.403. The number of carbonyl (C=O) groups excluding carboxylic acids is 1. The van der Waals surface area contributed by atoms with Crippen LogP contribution in [0.3, 0.4) is 0 Å². The van der Waals surface area contributed by atoms with Gasteiger partial charge in [0.25, 0.3) is 0 Å². The molecule has 1 amide bonds. The molecule has 2 nitrogen and oxygen atoms in total. The van der Waals surface area contributed by atoms with E-state index < -0.39 is 0 Å². The largest absolute Gasteiger partial charge is 0.352 e. The van der Waals surface area contributed by atoms with Crippen molar-refractivity contribution in [3.05, 3.63) is 42.5 Å². The van der Waals surface area contributed by atoms with E-state index in [0.29, 0.717) is 5.57 Å². The molecule has 0 bridgehead atoms. The molecule has 0 heterocycles. The van der Waals surface area contributed by atoms with Gasteiger partial charge in [0.05, 0.1) is 0 Å². The second-order valence-corrected chi connectivity index (χ2v) is 7.80. The van der Waals surface area contributed by atoms with Gasteiger partial charge in [-0.25, -0.2) is 0 Å². The molecule has 0 aliphatic heterocycles. The van der Waals surface area contributed by atoms with Crippen molar-refractivity contribution >= 4 is 17.7 Å². The van der Waals surface area contributed by atoms with Gasteiger partial charge >= 0.3 is 0 Å². The number of benzene rings is 1. The highest BCUT2D eigenvalue weighted by atomic mass is 32.2. The molecule has 0 saturated heterocycles. The number of thioether (sulfide) groups is 1. The van der Waals surface area contributed by atoms with E-state index in [2.05, 4.69) is 56.1 Å². The van der Waals surface area contributed by atoms with Crippen LogP contribution in [-0.4, -0.2) is 17.2 Å². The SMILES string of the molecule is C=C(C)C(=O)NCCCCCC(C)(C)Sc1ccccc1. The molecule has 116 valence electrons. The van der Waals surface area contributed by atoms with E-state index in [0.717, 1.165) is 19.4 Å². The molecule has 0 spiro atoms. The molecule has 1 aromatic carbocycles. The van der Waals surface area contributed by atoms with E-state index in [1.807, 2.05) is 11.8 Å². The maximum absolute atomic E-state index is 11.3. The summed E-state index contributed by atoms with van der Waals surface area (Å²) < 4.78 is 0.252. The molecule has 0 aliphatic carbocycles. The van der Waals surface area contributed by atoms with Crippen molar-refractivity contribution < 1.29 is 4.79 Å². The standard InChI is InChI=1S/C18H27NOS/c1-15(2)17(20)19-14-10-6-9-13-18(3,4)21-16-11-7-5-8-12-16/h5,7-8,11-12H,1,6,9-10,13-14H2,2-4H3,(H,19,20). The van der Waals surface area contributed by atoms with Crippen LogP contribution in [0.15, 0.2) is 47.4 Å². The van der Waals surface area contributed by atoms with Crippen LogP contribution in [0.4, 0.5) is 0 Å². The minimum atomic E-state index is -0.0324. The van der Waals surface area contributed by atoms with Gasteiger partial charge in [-0.15, -0.1) is 11.8 Å². The topological polar surface area (TPSA) is 29.1 Å². The molecule has 0 radical (unpaired) electrons. The highest BCUT2D eigenvalue weighted by Gasteiger charge is 2.18. The first-order chi connectivity index (χ1) is 9.91. The number of amides is 1. The summed E-state index contributed by atoms with van der Waals surface area (Å²) in [5, 5.41) is 2.88. The van der Waals surface area contributed by atoms with Crippen molar-refractivity contribution in [1.82, 2.24) is 5.32 Å². The first kappa shape index (κ1) is 17.8. The molecule has 0 fully saturated rings. The molecule has 1 aromatic rings. The van der Waals surface area contributed by atoms with Crippen molar-refractivity contribution in [3.63, 3.8) is 0 Å². The van der Waals surface area contributed by atoms with Crippen LogP contribution < -0.4 is 5.32 Å². The molecule has 0 aliphatic rings. The summed E-state index contributed by atoms with van der Waals surface area (Å²) in [6.07, 6.45) is 4.55. The van der Waals surface area contributed by atoms with E-state index in [1.54, 1.807) is 6.92 Å². The number of hydrogen-bond donors (Lipinski definition) is 1. The Labute approximate surface area is 133 Å². The summed E-state index contributed by atoms with van der Waals surface area (Å²) in [6, 6.07) is 10.6. The molecule has 1 rings (SSSR count). The lowest BCUT2D eigenvalue weighted by atomic mass is 10.0. The fraction of sp³-hybridized carbons (Fsp3) is 0.500. The summed E-state index contributed by atoms with van der Waals surface area (Å²) in [4.78, 5) is 12.7. The van der Waals surface area contributed by atoms with Gasteiger partial charge in [-0.3, -0.25) is 4.79 Å². The number of unbranched alkanes of at least 4 members (excludes halogenated alkanes) is 2. The van der Waals surface area contributed by atoms with Crippen LogP contribution in [0.5, 0.6) is 0 Å². The molecular formula is C18H27NOS. The zero-order valence-corrected chi connectivity index (χ0v) is 14.3. The maximum Gasteiger partial charge on any atom is 0.246 e. The average molecular weight is 305 g/mol. The number of hydrogen-bond acceptors (Lipinski definition) is 2. The van der Waals surface area contributed by atoms with E-state index in [9.17, 15) is 4.79 Å². The molecule has 0 atom stereocenters. The Balaban J connectivity index is 2.16. The van der Waals surface area contributed by atoms with Crippen LogP contribution in [-0.2, 0) is 4.79 Å². The number of nitrogens with one attached hydrogen (secondary N) is 1. The highest BCUT2D eigenvalue weighted by molar-refractivity contribution is 8.00. The lowest BCUT2D eigenvalue weighted by Crippen LogP contribution is -2.24. The fourth-order valence-corrected chi connectivity index (χ4v) is 3.24. The third-order valence-corrected chi connectivity index (χ3v) is 4.53. The Bertz CT molecular complexity index is 454. The first-order valence-electron chi connectivity index (χ1n) is 7.58. The van der Waals surface area contributed by atoms with E-state index in [4.69, 9.17) is 0 Å². The third-order valence-electron chi connectivity index (χ3n) is 3.27. The fourth-order valence-electron chi connectivity index (χ4n) is 2.06. The molecule has 3 heteroatoms. The summed E-state index contributed by atoms with van der Waals surface area (Å²) in [7, 11) is 0. The van der Waals surface area contributed by atoms with E-state index >= 15 is 0 Å². The van der Waals surface area contributed by atoms with Gasteiger partial charge < -0.3 is 5.32 Å². The van der Waals surface area contributed by atoms with Gasteiger partial charge in [-0.1, -0.05) is 51.5 Å². The van der Waals surface area contributed by atoms with Crippen molar-refractivity contribution in [2.24, 2.45) is 0 Å². The molecular weight excluding hydrogens is 278 g/mol. The van der Waals surface area contributed by atoms with Crippen LogP contribution in [0.1, 0.15) is 46.5 Å². The van der Waals surface area contributed by atoms with Crippen molar-refractivity contribution in [1.29, 1.82) is 0 Å². The molecule has 0 aromatic heterocycles. The lowest BCUT2D eigenvalue weighted by molar-refractivity contribution is -0.117. The van der Waals surface area contributed by atoms with Gasteiger partial charge in [0.1, 0.15) is 0 Å². The van der Waals surface area contributed by atoms with Gasteiger partial charge in [0.15, 0.2) is 0 Å². The van der Waals surface area contributed by atoms with Crippen LogP contribution in [0.2, 0.25) is 0 Å². The second kappa shape index (κ2) is 8.93. The zero-order chi connectivity index (χ0) is 15.7. The third kappa shape index (κ3) is 7.96. The molecule has 1 N–H and O–H groups in total. The van der Waals surface area contributed by atoms with Crippen molar-refractivity contribution in [2.45, 2.75) is 56.1 Å². The monoisotopic (exact) mass is 305 g/mol. The Kier molecular flexibility index (Phi) is 7.58. The summed E-state index contributed by atoms with van der Waals surface area (Å²) >= 11 is 1.94. The predicted molar refractivity (Wildman–Crippen MR) is 92.7 cm³/mol. The molecule has 0 unspecified atom stereocenters. The lowest BCUT2D eigenvalue weighted by Gasteiger charge is -2.24. The first-order valence-corrected chi connectivity index (χ1v) is 8.40. The van der Waals surface area contributed by atoms with Crippen molar-refractivity contribution in [3.8, 4) is 0 Å². The van der Waals surface area contributed by atoms with Gasteiger partial charge in [-0.2, -0.15) is 0 Å². The zero-order valence-electron chi connectivity index (χ0n) is 13.4. The van der Waals surface area contributed by atoms with Crippen LogP contribution in [0.25, 0.3) is 0 Å². The minimum Gasteiger partial charge on any atom is -0.352 e. The van der Waals surface area contributed by atoms with Gasteiger partial charge in [0.2, 0.25) is 5.91 Å².